The standard InChI is InChI=1S/C11H12Cl2N2O.ClH/c1-15-10(16)5-9(14)11(15)6-2-3-7(12)8(13)4-6;/h2-4,9,11H,5,14H2,1H3;1H/t9-,11+;/m1./s1. The van der Waals surface area contributed by atoms with Crippen molar-refractivity contribution >= 4 is 41.5 Å². The van der Waals surface area contributed by atoms with Crippen LogP contribution in [0.25, 0.3) is 0 Å². The van der Waals surface area contributed by atoms with Crippen LogP contribution >= 0.6 is 35.6 Å². The van der Waals surface area contributed by atoms with Gasteiger partial charge in [0, 0.05) is 19.5 Å². The zero-order valence-electron chi connectivity index (χ0n) is 9.19. The highest BCUT2D eigenvalue weighted by molar-refractivity contribution is 6.42. The third-order valence-corrected chi connectivity index (χ3v) is 3.65. The molecule has 0 unspecified atom stereocenters. The summed E-state index contributed by atoms with van der Waals surface area (Å²) in [5, 5.41) is 0.991. The molecule has 94 valence electrons. The second kappa shape index (κ2) is 5.44. The van der Waals surface area contributed by atoms with Gasteiger partial charge in [0.1, 0.15) is 0 Å². The Bertz CT molecular complexity index is 439. The lowest BCUT2D eigenvalue weighted by molar-refractivity contribution is -0.127. The first-order valence-corrected chi connectivity index (χ1v) is 5.72. The average molecular weight is 296 g/mol. The monoisotopic (exact) mass is 294 g/mol. The van der Waals surface area contributed by atoms with Gasteiger partial charge in [-0.3, -0.25) is 4.79 Å². The Morgan fingerprint density at radius 2 is 2.00 bits per heavy atom. The van der Waals surface area contributed by atoms with Gasteiger partial charge in [0.05, 0.1) is 16.1 Å². The molecule has 0 aliphatic carbocycles. The summed E-state index contributed by atoms with van der Waals surface area (Å²) < 4.78 is 0. The first-order chi connectivity index (χ1) is 7.50. The molecule has 2 N–H and O–H groups in total. The van der Waals surface area contributed by atoms with Crippen molar-refractivity contribution in [2.75, 3.05) is 7.05 Å². The van der Waals surface area contributed by atoms with Gasteiger partial charge in [-0.2, -0.15) is 0 Å². The predicted octanol–water partition coefficient (Wildman–Crippen LogP) is 2.65. The van der Waals surface area contributed by atoms with E-state index < -0.39 is 0 Å². The van der Waals surface area contributed by atoms with Gasteiger partial charge < -0.3 is 10.6 Å². The van der Waals surface area contributed by atoms with Crippen LogP contribution < -0.4 is 5.73 Å². The summed E-state index contributed by atoms with van der Waals surface area (Å²) in [6.45, 7) is 0. The molecule has 6 heteroatoms. The molecule has 1 aromatic carbocycles. The number of nitrogens with zero attached hydrogens (tertiary/aromatic N) is 1. The Labute approximate surface area is 116 Å². The lowest BCUT2D eigenvalue weighted by atomic mass is 10.0. The smallest absolute Gasteiger partial charge is 0.224 e. The Morgan fingerprint density at radius 1 is 1.35 bits per heavy atom. The largest absolute Gasteiger partial charge is 0.337 e. The number of hydrogen-bond donors (Lipinski definition) is 1. The van der Waals surface area contributed by atoms with Crippen molar-refractivity contribution < 1.29 is 4.79 Å². The summed E-state index contributed by atoms with van der Waals surface area (Å²) in [6, 6.07) is 5.05. The van der Waals surface area contributed by atoms with Gasteiger partial charge in [0.2, 0.25) is 5.91 Å². The van der Waals surface area contributed by atoms with E-state index in [1.54, 1.807) is 24.1 Å². The third kappa shape index (κ3) is 2.68. The predicted molar refractivity (Wildman–Crippen MR) is 71.8 cm³/mol. The van der Waals surface area contributed by atoms with Gasteiger partial charge in [-0.05, 0) is 17.7 Å². The van der Waals surface area contributed by atoms with Crippen LogP contribution in [-0.2, 0) is 4.79 Å². The van der Waals surface area contributed by atoms with E-state index in [-0.39, 0.29) is 30.4 Å². The van der Waals surface area contributed by atoms with E-state index in [9.17, 15) is 4.79 Å². The Morgan fingerprint density at radius 3 is 2.47 bits per heavy atom. The molecule has 3 nitrogen and oxygen atoms in total. The number of likely N-dealkylation sites (tertiary alicyclic amines) is 1. The van der Waals surface area contributed by atoms with Gasteiger partial charge in [-0.15, -0.1) is 12.4 Å². The summed E-state index contributed by atoms with van der Waals surface area (Å²) in [4.78, 5) is 13.2. The molecule has 1 amide bonds. The van der Waals surface area contributed by atoms with Gasteiger partial charge in [0.25, 0.3) is 0 Å². The van der Waals surface area contributed by atoms with Crippen molar-refractivity contribution in [3.63, 3.8) is 0 Å². The maximum Gasteiger partial charge on any atom is 0.224 e. The third-order valence-electron chi connectivity index (χ3n) is 2.91. The second-order valence-corrected chi connectivity index (χ2v) is 4.81. The average Bonchev–Trinajstić information content (AvgIpc) is 2.47. The lowest BCUT2D eigenvalue weighted by Gasteiger charge is -2.23. The summed E-state index contributed by atoms with van der Waals surface area (Å²) >= 11 is 11.8. The molecule has 0 saturated carbocycles. The number of benzene rings is 1. The van der Waals surface area contributed by atoms with Crippen LogP contribution in [0.3, 0.4) is 0 Å². The van der Waals surface area contributed by atoms with Gasteiger partial charge in [0.15, 0.2) is 0 Å². The van der Waals surface area contributed by atoms with Gasteiger partial charge in [-0.1, -0.05) is 29.3 Å². The molecule has 1 aliphatic heterocycles. The fraction of sp³-hybridized carbons (Fsp3) is 0.364. The van der Waals surface area contributed by atoms with Crippen LogP contribution in [0.15, 0.2) is 18.2 Å². The number of likely N-dealkylation sites (N-methyl/N-ethyl adjacent to an activating group) is 1. The lowest BCUT2D eigenvalue weighted by Crippen LogP contribution is -2.30. The molecule has 1 saturated heterocycles. The zero-order chi connectivity index (χ0) is 11.9. The van der Waals surface area contributed by atoms with Crippen LogP contribution in [0.5, 0.6) is 0 Å². The number of carbonyl (C=O) groups excluding carboxylic acids is 1. The van der Waals surface area contributed by atoms with E-state index in [4.69, 9.17) is 28.9 Å². The van der Waals surface area contributed by atoms with E-state index in [0.717, 1.165) is 5.56 Å². The minimum absolute atomic E-state index is 0. The number of hydrogen-bond acceptors (Lipinski definition) is 2. The van der Waals surface area contributed by atoms with Crippen molar-refractivity contribution in [1.82, 2.24) is 4.90 Å². The highest BCUT2D eigenvalue weighted by atomic mass is 35.5. The molecule has 1 fully saturated rings. The van der Waals surface area contributed by atoms with E-state index in [1.165, 1.54) is 0 Å². The molecule has 0 spiro atoms. The van der Waals surface area contributed by atoms with Gasteiger partial charge >= 0.3 is 0 Å². The zero-order valence-corrected chi connectivity index (χ0v) is 11.5. The SMILES string of the molecule is CN1C(=O)C[C@@H](N)[C@@H]1c1ccc(Cl)c(Cl)c1.Cl. The molecule has 1 aromatic rings. The quantitative estimate of drug-likeness (QED) is 0.866. The molecular formula is C11H13Cl3N2O. The summed E-state index contributed by atoms with van der Waals surface area (Å²) in [6.07, 6.45) is 0.376. The molecule has 1 aliphatic rings. The maximum absolute atomic E-state index is 11.5. The molecular weight excluding hydrogens is 282 g/mol. The number of halogens is 3. The van der Waals surface area contributed by atoms with Gasteiger partial charge in [-0.25, -0.2) is 0 Å². The number of nitrogens with two attached hydrogens (primary N) is 1. The molecule has 2 atom stereocenters. The van der Waals surface area contributed by atoms with Crippen molar-refractivity contribution in [3.05, 3.63) is 33.8 Å². The summed E-state index contributed by atoms with van der Waals surface area (Å²) in [5.41, 5.74) is 6.87. The fourth-order valence-corrected chi connectivity index (χ4v) is 2.37. The second-order valence-electron chi connectivity index (χ2n) is 3.99. The maximum atomic E-state index is 11.5. The van der Waals surface area contributed by atoms with E-state index in [2.05, 4.69) is 0 Å². The number of rotatable bonds is 1. The fourth-order valence-electron chi connectivity index (χ4n) is 2.07. The molecule has 17 heavy (non-hydrogen) atoms. The number of amides is 1. The molecule has 0 bridgehead atoms. The van der Waals surface area contributed by atoms with Crippen LogP contribution in [0.4, 0.5) is 0 Å². The van der Waals surface area contributed by atoms with E-state index >= 15 is 0 Å². The van der Waals surface area contributed by atoms with E-state index in [1.807, 2.05) is 6.07 Å². The first kappa shape index (κ1) is 14.6. The van der Waals surface area contributed by atoms with Crippen molar-refractivity contribution in [1.29, 1.82) is 0 Å². The minimum atomic E-state index is -0.185. The number of carbonyl (C=O) groups is 1. The first-order valence-electron chi connectivity index (χ1n) is 4.97. The van der Waals surface area contributed by atoms with Crippen molar-refractivity contribution in [3.8, 4) is 0 Å². The van der Waals surface area contributed by atoms with Crippen molar-refractivity contribution in [2.45, 2.75) is 18.5 Å². The van der Waals surface area contributed by atoms with Crippen LogP contribution in [-0.4, -0.2) is 23.9 Å². The Balaban J connectivity index is 0.00000144. The Hall–Kier alpha value is -0.480. The summed E-state index contributed by atoms with van der Waals surface area (Å²) in [5.74, 6) is 0.0589. The highest BCUT2D eigenvalue weighted by Crippen LogP contribution is 2.33. The summed E-state index contributed by atoms with van der Waals surface area (Å²) in [7, 11) is 1.75. The van der Waals surface area contributed by atoms with Crippen LogP contribution in [0.2, 0.25) is 10.0 Å². The molecule has 2 rings (SSSR count). The molecule has 0 radical (unpaired) electrons. The van der Waals surface area contributed by atoms with E-state index in [0.29, 0.717) is 16.5 Å². The Kier molecular flexibility index (Phi) is 4.67. The topological polar surface area (TPSA) is 46.3 Å². The van der Waals surface area contributed by atoms with Crippen LogP contribution in [0.1, 0.15) is 18.0 Å². The molecule has 1 heterocycles. The normalized spacial score (nSPS) is 23.8. The van der Waals surface area contributed by atoms with Crippen molar-refractivity contribution in [2.24, 2.45) is 5.73 Å². The highest BCUT2D eigenvalue weighted by Gasteiger charge is 2.36. The minimum Gasteiger partial charge on any atom is -0.337 e. The van der Waals surface area contributed by atoms with Crippen LogP contribution in [0, 0.1) is 0 Å². The molecule has 0 aromatic heterocycles.